The van der Waals surface area contributed by atoms with Crippen LogP contribution < -0.4 is 9.80 Å². The van der Waals surface area contributed by atoms with Crippen molar-refractivity contribution in [2.24, 2.45) is 5.92 Å². The van der Waals surface area contributed by atoms with Gasteiger partial charge in [0, 0.05) is 18.2 Å². The van der Waals surface area contributed by atoms with Crippen molar-refractivity contribution in [2.45, 2.75) is 45.4 Å². The molecule has 27 heavy (non-hydrogen) atoms. The molecule has 1 aromatic heterocycles. The van der Waals surface area contributed by atoms with Crippen molar-refractivity contribution >= 4 is 5.69 Å². The Morgan fingerprint density at radius 2 is 1.96 bits per heavy atom. The van der Waals surface area contributed by atoms with Crippen LogP contribution in [-0.2, 0) is 11.3 Å². The summed E-state index contributed by atoms with van der Waals surface area (Å²) in [5.41, 5.74) is 1.32. The van der Waals surface area contributed by atoms with Crippen molar-refractivity contribution < 1.29 is 9.64 Å². The van der Waals surface area contributed by atoms with E-state index >= 15 is 0 Å². The summed E-state index contributed by atoms with van der Waals surface area (Å²) in [6, 6.07) is 11.0. The number of quaternary nitrogens is 1. The summed E-state index contributed by atoms with van der Waals surface area (Å²) in [5, 5.41) is 12.7. The van der Waals surface area contributed by atoms with Gasteiger partial charge in [0.1, 0.15) is 0 Å². The Hall–Kier alpha value is -1.99. The lowest BCUT2D eigenvalue weighted by Gasteiger charge is -2.38. The summed E-state index contributed by atoms with van der Waals surface area (Å²) in [6.45, 7) is 10.5. The summed E-state index contributed by atoms with van der Waals surface area (Å²) in [7, 11) is 0. The van der Waals surface area contributed by atoms with Crippen LogP contribution in [0.4, 0.5) is 5.69 Å². The molecule has 2 aliphatic heterocycles. The van der Waals surface area contributed by atoms with E-state index in [0.717, 1.165) is 58.0 Å². The van der Waals surface area contributed by atoms with E-state index in [2.05, 4.69) is 64.6 Å². The van der Waals surface area contributed by atoms with E-state index in [9.17, 15) is 0 Å². The van der Waals surface area contributed by atoms with Crippen LogP contribution in [-0.4, -0.2) is 59.1 Å². The lowest BCUT2D eigenvalue weighted by molar-refractivity contribution is -0.937. The van der Waals surface area contributed by atoms with Crippen LogP contribution in [0, 0.1) is 5.92 Å². The molecule has 7 heteroatoms. The number of para-hydroxylation sites is 1. The van der Waals surface area contributed by atoms with Crippen LogP contribution in [0.2, 0.25) is 0 Å². The van der Waals surface area contributed by atoms with Gasteiger partial charge in [-0.25, -0.2) is 4.68 Å². The smallest absolute Gasteiger partial charge is 0.209 e. The number of hydrogen-bond acceptors (Lipinski definition) is 5. The minimum atomic E-state index is 0.255. The summed E-state index contributed by atoms with van der Waals surface area (Å²) in [5.74, 6) is 1.50. The predicted octanol–water partition coefficient (Wildman–Crippen LogP) is 0.954. The largest absolute Gasteiger partial charge is 0.376 e. The van der Waals surface area contributed by atoms with Gasteiger partial charge in [-0.15, -0.1) is 5.10 Å². The number of piperazine rings is 1. The molecule has 0 bridgehead atoms. The molecule has 3 heterocycles. The predicted molar refractivity (Wildman–Crippen MR) is 104 cm³/mol. The Morgan fingerprint density at radius 1 is 1.19 bits per heavy atom. The monoisotopic (exact) mass is 371 g/mol. The first kappa shape index (κ1) is 18.4. The quantitative estimate of drug-likeness (QED) is 0.819. The van der Waals surface area contributed by atoms with Crippen LogP contribution >= 0.6 is 0 Å². The highest BCUT2D eigenvalue weighted by molar-refractivity contribution is 5.46. The Bertz CT molecular complexity index is 704. The van der Waals surface area contributed by atoms with E-state index in [1.165, 1.54) is 5.69 Å². The SMILES string of the molecule is CC(C)[C@H](c1nnnn1C[C@@H]1CCCO1)[NH+]1CCN(c2ccccc2)CC1. The fourth-order valence-corrected chi connectivity index (χ4v) is 4.50. The molecule has 2 atom stereocenters. The molecule has 2 saturated heterocycles. The first-order valence-corrected chi connectivity index (χ1v) is 10.2. The Morgan fingerprint density at radius 3 is 2.63 bits per heavy atom. The van der Waals surface area contributed by atoms with Gasteiger partial charge in [-0.3, -0.25) is 0 Å². The first-order valence-electron chi connectivity index (χ1n) is 10.2. The zero-order valence-electron chi connectivity index (χ0n) is 16.4. The van der Waals surface area contributed by atoms with Crippen molar-refractivity contribution in [3.05, 3.63) is 36.2 Å². The van der Waals surface area contributed by atoms with Gasteiger partial charge in [0.15, 0.2) is 6.04 Å². The molecule has 1 aromatic carbocycles. The Labute approximate surface area is 161 Å². The van der Waals surface area contributed by atoms with E-state index in [4.69, 9.17) is 4.74 Å². The first-order chi connectivity index (χ1) is 13.2. The number of tetrazole rings is 1. The molecule has 0 radical (unpaired) electrons. The maximum atomic E-state index is 5.80. The van der Waals surface area contributed by atoms with Crippen LogP contribution in [0.15, 0.2) is 30.3 Å². The van der Waals surface area contributed by atoms with Crippen molar-refractivity contribution in [1.29, 1.82) is 0 Å². The summed E-state index contributed by atoms with van der Waals surface area (Å²) < 4.78 is 7.80. The number of rotatable bonds is 6. The average molecular weight is 372 g/mol. The number of anilines is 1. The van der Waals surface area contributed by atoms with Crippen LogP contribution in [0.25, 0.3) is 0 Å². The van der Waals surface area contributed by atoms with Gasteiger partial charge in [-0.05, 0) is 35.4 Å². The molecule has 0 unspecified atom stereocenters. The minimum absolute atomic E-state index is 0.255. The number of ether oxygens (including phenoxy) is 1. The van der Waals surface area contributed by atoms with Crippen molar-refractivity contribution in [3.63, 3.8) is 0 Å². The number of nitrogens with zero attached hydrogens (tertiary/aromatic N) is 5. The fraction of sp³-hybridized carbons (Fsp3) is 0.650. The maximum absolute atomic E-state index is 5.80. The second-order valence-electron chi connectivity index (χ2n) is 8.06. The molecule has 1 N–H and O–H groups in total. The van der Waals surface area contributed by atoms with Gasteiger partial charge in [0.25, 0.3) is 0 Å². The molecule has 7 nitrogen and oxygen atoms in total. The standard InChI is InChI=1S/C20H30N6O/c1-16(2)19(20-21-22-23-26(20)15-18-9-6-14-27-18)25-12-10-24(11-13-25)17-7-4-3-5-8-17/h3-5,7-8,16,18-19H,6,9-15H2,1-2H3/p+1/t18-,19+/m0/s1. The number of hydrogen-bond donors (Lipinski definition) is 1. The van der Waals surface area contributed by atoms with Crippen molar-refractivity contribution in [3.8, 4) is 0 Å². The molecular weight excluding hydrogens is 340 g/mol. The summed E-state index contributed by atoms with van der Waals surface area (Å²) in [6.07, 6.45) is 2.50. The molecular formula is C20H31N6O+. The molecule has 0 spiro atoms. The van der Waals surface area contributed by atoms with Crippen LogP contribution in [0.5, 0.6) is 0 Å². The Balaban J connectivity index is 1.45. The van der Waals surface area contributed by atoms with Gasteiger partial charge in [0.05, 0.1) is 38.8 Å². The molecule has 2 aromatic rings. The third kappa shape index (κ3) is 4.14. The minimum Gasteiger partial charge on any atom is -0.376 e. The number of benzene rings is 1. The normalized spacial score (nSPS) is 22.5. The zero-order chi connectivity index (χ0) is 18.6. The fourth-order valence-electron chi connectivity index (χ4n) is 4.50. The molecule has 4 rings (SSSR count). The highest BCUT2D eigenvalue weighted by Crippen LogP contribution is 2.20. The zero-order valence-corrected chi connectivity index (χ0v) is 16.4. The highest BCUT2D eigenvalue weighted by atomic mass is 16.5. The van der Waals surface area contributed by atoms with Crippen LogP contribution in [0.3, 0.4) is 0 Å². The summed E-state index contributed by atoms with van der Waals surface area (Å²) >= 11 is 0. The van der Waals surface area contributed by atoms with Gasteiger partial charge in [-0.2, -0.15) is 0 Å². The topological polar surface area (TPSA) is 60.5 Å². The molecule has 0 aliphatic carbocycles. The maximum Gasteiger partial charge on any atom is 0.209 e. The molecule has 2 aliphatic rings. The number of aromatic nitrogens is 4. The highest BCUT2D eigenvalue weighted by Gasteiger charge is 2.35. The van der Waals surface area contributed by atoms with E-state index in [1.54, 1.807) is 4.90 Å². The van der Waals surface area contributed by atoms with Gasteiger partial charge >= 0.3 is 0 Å². The molecule has 2 fully saturated rings. The van der Waals surface area contributed by atoms with Gasteiger partial charge in [-0.1, -0.05) is 32.0 Å². The van der Waals surface area contributed by atoms with Gasteiger partial charge < -0.3 is 14.5 Å². The Kier molecular flexibility index (Phi) is 5.69. The average Bonchev–Trinajstić information content (AvgIpc) is 3.36. The molecule has 0 saturated carbocycles. The second kappa shape index (κ2) is 8.35. The second-order valence-corrected chi connectivity index (χ2v) is 8.06. The molecule has 0 amide bonds. The van der Waals surface area contributed by atoms with E-state index < -0.39 is 0 Å². The van der Waals surface area contributed by atoms with Gasteiger partial charge in [0.2, 0.25) is 5.82 Å². The van der Waals surface area contributed by atoms with E-state index in [-0.39, 0.29) is 6.10 Å². The molecule has 146 valence electrons. The third-order valence-electron chi connectivity index (χ3n) is 5.87. The lowest BCUT2D eigenvalue weighted by Crippen LogP contribution is -3.15. The van der Waals surface area contributed by atoms with E-state index in [1.807, 2.05) is 4.68 Å². The van der Waals surface area contributed by atoms with E-state index in [0.29, 0.717) is 12.0 Å². The number of nitrogens with one attached hydrogen (secondary N) is 1. The third-order valence-corrected chi connectivity index (χ3v) is 5.87. The van der Waals surface area contributed by atoms with Crippen molar-refractivity contribution in [1.82, 2.24) is 20.2 Å². The van der Waals surface area contributed by atoms with Crippen LogP contribution in [0.1, 0.15) is 38.6 Å². The lowest BCUT2D eigenvalue weighted by atomic mass is 10.0. The van der Waals surface area contributed by atoms with Crippen molar-refractivity contribution in [2.75, 3.05) is 37.7 Å². The summed E-state index contributed by atoms with van der Waals surface area (Å²) in [4.78, 5) is 4.07.